The molecule has 0 N–H and O–H groups in total. The van der Waals surface area contributed by atoms with E-state index in [1.165, 1.54) is 17.4 Å². The summed E-state index contributed by atoms with van der Waals surface area (Å²) in [5, 5.41) is 0. The van der Waals surface area contributed by atoms with E-state index in [4.69, 9.17) is 0 Å². The zero-order chi connectivity index (χ0) is 16.8. The fraction of sp³-hybridized carbons (Fsp3) is 0.409. The summed E-state index contributed by atoms with van der Waals surface area (Å²) in [5.41, 5.74) is 2.69. The van der Waals surface area contributed by atoms with Crippen LogP contribution in [0.15, 0.2) is 60.7 Å². The maximum absolute atomic E-state index is 11.4. The van der Waals surface area contributed by atoms with E-state index in [9.17, 15) is 4.79 Å². The van der Waals surface area contributed by atoms with Crippen LogP contribution in [0.4, 0.5) is 0 Å². The molecule has 3 rings (SSSR count). The highest BCUT2D eigenvalue weighted by atomic mass is 16.1. The van der Waals surface area contributed by atoms with E-state index < -0.39 is 0 Å². The Hall–Kier alpha value is -1.93. The third-order valence-corrected chi connectivity index (χ3v) is 5.40. The highest BCUT2D eigenvalue weighted by Crippen LogP contribution is 2.36. The highest BCUT2D eigenvalue weighted by molar-refractivity contribution is 5.55. The lowest BCUT2D eigenvalue weighted by Gasteiger charge is -2.29. The Morgan fingerprint density at radius 3 is 1.88 bits per heavy atom. The van der Waals surface area contributed by atoms with Crippen LogP contribution in [0.5, 0.6) is 0 Å². The number of carbonyl (C=O) groups is 1. The van der Waals surface area contributed by atoms with Gasteiger partial charge in [0.05, 0.1) is 0 Å². The minimum atomic E-state index is 0.231. The minimum absolute atomic E-state index is 0.231. The quantitative estimate of drug-likeness (QED) is 0.689. The van der Waals surface area contributed by atoms with Gasteiger partial charge in [0.2, 0.25) is 0 Å². The van der Waals surface area contributed by atoms with Gasteiger partial charge in [-0.1, -0.05) is 74.0 Å². The van der Waals surface area contributed by atoms with Gasteiger partial charge in [0.25, 0.3) is 0 Å². The van der Waals surface area contributed by atoms with Crippen molar-refractivity contribution in [3.8, 4) is 0 Å². The zero-order valence-electron chi connectivity index (χ0n) is 14.5. The summed E-state index contributed by atoms with van der Waals surface area (Å²) in [4.78, 5) is 14.0. The van der Waals surface area contributed by atoms with Gasteiger partial charge in [-0.2, -0.15) is 0 Å². The Morgan fingerprint density at radius 2 is 1.46 bits per heavy atom. The molecule has 0 amide bonds. The fourth-order valence-corrected chi connectivity index (χ4v) is 4.01. The predicted octanol–water partition coefficient (Wildman–Crippen LogP) is 4.69. The first-order valence-corrected chi connectivity index (χ1v) is 9.07. The van der Waals surface area contributed by atoms with Gasteiger partial charge in [-0.25, -0.2) is 0 Å². The summed E-state index contributed by atoms with van der Waals surface area (Å²) in [7, 11) is 0. The topological polar surface area (TPSA) is 20.3 Å². The summed E-state index contributed by atoms with van der Waals surface area (Å²) in [6.07, 6.45) is 4.43. The maximum atomic E-state index is 11.4. The van der Waals surface area contributed by atoms with E-state index in [1.807, 2.05) is 0 Å². The monoisotopic (exact) mass is 321 g/mol. The summed E-state index contributed by atoms with van der Waals surface area (Å²) in [5.74, 6) is 0.774. The smallest absolute Gasteiger partial charge is 0.123 e. The van der Waals surface area contributed by atoms with Crippen molar-refractivity contribution in [3.05, 3.63) is 71.8 Å². The molecule has 3 atom stereocenters. The lowest BCUT2D eigenvalue weighted by atomic mass is 9.95. The molecular weight excluding hydrogens is 294 g/mol. The van der Waals surface area contributed by atoms with Crippen LogP contribution in [0.2, 0.25) is 0 Å². The molecule has 0 saturated heterocycles. The first-order chi connectivity index (χ1) is 11.8. The van der Waals surface area contributed by atoms with Crippen LogP contribution in [0.25, 0.3) is 0 Å². The first-order valence-electron chi connectivity index (χ1n) is 9.07. The number of nitrogens with zero attached hydrogens (tertiary/aromatic N) is 1. The Kier molecular flexibility index (Phi) is 5.81. The van der Waals surface area contributed by atoms with Gasteiger partial charge >= 0.3 is 0 Å². The number of hydrogen-bond acceptors (Lipinski definition) is 2. The van der Waals surface area contributed by atoms with E-state index in [0.717, 1.165) is 32.4 Å². The number of rotatable bonds is 7. The molecule has 0 radical (unpaired) electrons. The predicted molar refractivity (Wildman–Crippen MR) is 98.5 cm³/mol. The van der Waals surface area contributed by atoms with Crippen molar-refractivity contribution in [2.75, 3.05) is 0 Å². The standard InChI is InChI=1S/C22H27NO/c1-2-20-13-22(14-21(20)17-24)23(15-18-9-5-3-6-10-18)16-19-11-7-4-8-12-19/h3-12,17,20-22H,2,13-16H2,1H3. The van der Waals surface area contributed by atoms with Gasteiger partial charge < -0.3 is 4.79 Å². The average molecular weight is 321 g/mol. The summed E-state index contributed by atoms with van der Waals surface area (Å²) >= 11 is 0. The number of hydrogen-bond donors (Lipinski definition) is 0. The molecule has 2 nitrogen and oxygen atoms in total. The van der Waals surface area contributed by atoms with Crippen LogP contribution >= 0.6 is 0 Å². The highest BCUT2D eigenvalue weighted by Gasteiger charge is 2.35. The van der Waals surface area contributed by atoms with Crippen LogP contribution in [-0.4, -0.2) is 17.2 Å². The summed E-state index contributed by atoms with van der Waals surface area (Å²) < 4.78 is 0. The second-order valence-corrected chi connectivity index (χ2v) is 6.97. The molecule has 1 fully saturated rings. The van der Waals surface area contributed by atoms with Crippen molar-refractivity contribution in [1.29, 1.82) is 0 Å². The van der Waals surface area contributed by atoms with E-state index >= 15 is 0 Å². The molecule has 2 aromatic rings. The molecule has 24 heavy (non-hydrogen) atoms. The van der Waals surface area contributed by atoms with Crippen molar-refractivity contribution in [2.24, 2.45) is 11.8 Å². The van der Waals surface area contributed by atoms with Gasteiger partial charge in [-0.05, 0) is 29.9 Å². The summed E-state index contributed by atoms with van der Waals surface area (Å²) in [6.45, 7) is 4.10. The number of benzene rings is 2. The summed E-state index contributed by atoms with van der Waals surface area (Å²) in [6, 6.07) is 21.8. The van der Waals surface area contributed by atoms with Crippen molar-refractivity contribution in [3.63, 3.8) is 0 Å². The van der Waals surface area contributed by atoms with Gasteiger partial charge in [-0.3, -0.25) is 4.90 Å². The van der Waals surface area contributed by atoms with Crippen molar-refractivity contribution in [1.82, 2.24) is 4.90 Å². The number of carbonyl (C=O) groups excluding carboxylic acids is 1. The second kappa shape index (κ2) is 8.25. The molecule has 2 heteroatoms. The van der Waals surface area contributed by atoms with Gasteiger partial charge in [-0.15, -0.1) is 0 Å². The van der Waals surface area contributed by atoms with Crippen LogP contribution in [0, 0.1) is 11.8 Å². The lowest BCUT2D eigenvalue weighted by molar-refractivity contribution is -0.112. The Bertz CT molecular complexity index is 583. The van der Waals surface area contributed by atoms with E-state index in [-0.39, 0.29) is 5.92 Å². The van der Waals surface area contributed by atoms with E-state index in [2.05, 4.69) is 72.5 Å². The van der Waals surface area contributed by atoms with Crippen molar-refractivity contribution < 1.29 is 4.79 Å². The van der Waals surface area contributed by atoms with Crippen LogP contribution in [0.3, 0.4) is 0 Å². The van der Waals surface area contributed by atoms with Crippen LogP contribution < -0.4 is 0 Å². The molecule has 0 bridgehead atoms. The molecule has 3 unspecified atom stereocenters. The Balaban J connectivity index is 1.78. The minimum Gasteiger partial charge on any atom is -0.303 e. The third kappa shape index (κ3) is 4.12. The van der Waals surface area contributed by atoms with Gasteiger partial charge in [0.1, 0.15) is 6.29 Å². The molecule has 1 aliphatic rings. The molecule has 1 saturated carbocycles. The first kappa shape index (κ1) is 16.9. The molecule has 0 spiro atoms. The molecular formula is C22H27NO. The molecule has 126 valence electrons. The van der Waals surface area contributed by atoms with Crippen molar-refractivity contribution in [2.45, 2.75) is 45.3 Å². The molecule has 0 heterocycles. The third-order valence-electron chi connectivity index (χ3n) is 5.40. The SMILES string of the molecule is CCC1CC(N(Cc2ccccc2)Cc2ccccc2)CC1C=O. The van der Waals surface area contributed by atoms with E-state index in [1.54, 1.807) is 0 Å². The number of aldehydes is 1. The molecule has 2 aromatic carbocycles. The Labute approximate surface area is 145 Å². The van der Waals surface area contributed by atoms with Gasteiger partial charge in [0.15, 0.2) is 0 Å². The fourth-order valence-electron chi connectivity index (χ4n) is 4.01. The maximum Gasteiger partial charge on any atom is 0.123 e. The normalized spacial score (nSPS) is 23.5. The molecule has 0 aliphatic heterocycles. The lowest BCUT2D eigenvalue weighted by Crippen LogP contribution is -2.32. The largest absolute Gasteiger partial charge is 0.303 e. The molecule has 1 aliphatic carbocycles. The van der Waals surface area contributed by atoms with Crippen LogP contribution in [-0.2, 0) is 17.9 Å². The second-order valence-electron chi connectivity index (χ2n) is 6.97. The Morgan fingerprint density at radius 1 is 0.917 bits per heavy atom. The molecule has 0 aromatic heterocycles. The zero-order valence-corrected chi connectivity index (χ0v) is 14.5. The van der Waals surface area contributed by atoms with Crippen molar-refractivity contribution >= 4 is 6.29 Å². The van der Waals surface area contributed by atoms with E-state index in [0.29, 0.717) is 12.0 Å². The van der Waals surface area contributed by atoms with Gasteiger partial charge in [0, 0.05) is 25.0 Å². The van der Waals surface area contributed by atoms with Crippen LogP contribution in [0.1, 0.15) is 37.3 Å². The average Bonchev–Trinajstić information content (AvgIpc) is 3.06.